The highest BCUT2D eigenvalue weighted by Crippen LogP contribution is 2.30. The number of hydrogen-bond donors (Lipinski definition) is 2. The van der Waals surface area contributed by atoms with Crippen LogP contribution in [0.25, 0.3) is 0 Å². The molecular weight excluding hydrogens is 340 g/mol. The predicted molar refractivity (Wildman–Crippen MR) is 97.8 cm³/mol. The molecular formula is C18H24N2O4S. The third-order valence-electron chi connectivity index (χ3n) is 3.86. The summed E-state index contributed by atoms with van der Waals surface area (Å²) < 4.78 is 35.0. The molecule has 3 N–H and O–H groups in total. The molecule has 6 nitrogen and oxygen atoms in total. The van der Waals surface area contributed by atoms with Crippen molar-refractivity contribution in [3.63, 3.8) is 0 Å². The van der Waals surface area contributed by atoms with E-state index in [0.717, 1.165) is 5.56 Å². The van der Waals surface area contributed by atoms with Crippen molar-refractivity contribution in [2.45, 2.75) is 38.4 Å². The first kappa shape index (κ1) is 21.1. The topological polar surface area (TPSA) is 103 Å². The smallest absolute Gasteiger partial charge is 0.274 e. The monoisotopic (exact) mass is 364 g/mol. The van der Waals surface area contributed by atoms with Gasteiger partial charge in [0, 0.05) is 12.4 Å². The van der Waals surface area contributed by atoms with Crippen molar-refractivity contribution in [2.24, 2.45) is 11.7 Å². The molecule has 7 heteroatoms. The van der Waals surface area contributed by atoms with Gasteiger partial charge in [0.25, 0.3) is 10.1 Å². The van der Waals surface area contributed by atoms with Crippen molar-refractivity contribution in [1.82, 2.24) is 4.98 Å². The summed E-state index contributed by atoms with van der Waals surface area (Å²) >= 11 is 0. The lowest BCUT2D eigenvalue weighted by molar-refractivity contribution is 0.0824. The Morgan fingerprint density at radius 2 is 2.04 bits per heavy atom. The van der Waals surface area contributed by atoms with Gasteiger partial charge in [-0.2, -0.15) is 8.42 Å². The van der Waals surface area contributed by atoms with Crippen LogP contribution in [-0.2, 0) is 21.5 Å². The van der Waals surface area contributed by atoms with Gasteiger partial charge in [-0.05, 0) is 37.5 Å². The number of allylic oxidation sites excluding steroid dienone is 3. The van der Waals surface area contributed by atoms with Gasteiger partial charge >= 0.3 is 0 Å². The SMILES string of the molecule is CC#CC(N)OCc1ccncc1.CC1C=CC=CC1(C)S(=O)(=O)O. The molecule has 0 amide bonds. The molecule has 1 heterocycles. The standard InChI is InChI=1S/C10H12N2O.C8H12O3S/c1-2-3-10(11)13-8-9-4-6-12-7-5-9;1-7-5-3-4-6-8(7,2)12(9,10)11/h4-7,10H,8,11H2,1H3;3-7H,1-2H3,(H,9,10,11). The normalized spacial score (nSPS) is 23.0. The fourth-order valence-electron chi connectivity index (χ4n) is 1.99. The second-order valence-electron chi connectivity index (χ2n) is 5.67. The molecule has 0 aliphatic heterocycles. The minimum absolute atomic E-state index is 0.197. The molecule has 1 aliphatic carbocycles. The number of pyridine rings is 1. The van der Waals surface area contributed by atoms with E-state index in [9.17, 15) is 8.42 Å². The Labute approximate surface area is 149 Å². The predicted octanol–water partition coefficient (Wildman–Crippen LogP) is 2.30. The highest BCUT2D eigenvalue weighted by Gasteiger charge is 2.40. The molecule has 0 saturated carbocycles. The number of hydrogen-bond acceptors (Lipinski definition) is 5. The van der Waals surface area contributed by atoms with Crippen LogP contribution in [-0.4, -0.2) is 28.9 Å². The van der Waals surface area contributed by atoms with Gasteiger partial charge in [0.2, 0.25) is 0 Å². The molecule has 0 saturated heterocycles. The van der Waals surface area contributed by atoms with Gasteiger partial charge in [0.05, 0.1) is 6.61 Å². The van der Waals surface area contributed by atoms with Gasteiger partial charge in [-0.15, -0.1) is 5.92 Å². The third-order valence-corrected chi connectivity index (χ3v) is 5.48. The third kappa shape index (κ3) is 6.44. The zero-order chi connectivity index (χ0) is 18.9. The average molecular weight is 364 g/mol. The van der Waals surface area contributed by atoms with E-state index in [4.69, 9.17) is 15.0 Å². The molecule has 3 atom stereocenters. The van der Waals surface area contributed by atoms with Crippen molar-refractivity contribution >= 4 is 10.1 Å². The maximum Gasteiger partial charge on any atom is 0.274 e. The number of nitrogens with two attached hydrogens (primary N) is 1. The molecule has 2 rings (SSSR count). The molecule has 25 heavy (non-hydrogen) atoms. The lowest BCUT2D eigenvalue weighted by Gasteiger charge is -2.29. The minimum Gasteiger partial charge on any atom is -0.347 e. The van der Waals surface area contributed by atoms with Crippen LogP contribution in [0.15, 0.2) is 48.8 Å². The lowest BCUT2D eigenvalue weighted by Crippen LogP contribution is -2.39. The quantitative estimate of drug-likeness (QED) is 0.483. The van der Waals surface area contributed by atoms with Crippen LogP contribution in [0.4, 0.5) is 0 Å². The molecule has 3 unspecified atom stereocenters. The second kappa shape index (κ2) is 9.49. The van der Waals surface area contributed by atoms with Crippen LogP contribution in [0.3, 0.4) is 0 Å². The fraction of sp³-hybridized carbons (Fsp3) is 0.389. The average Bonchev–Trinajstić information content (AvgIpc) is 2.57. The maximum absolute atomic E-state index is 11.0. The summed E-state index contributed by atoms with van der Waals surface area (Å²) in [5.41, 5.74) is 6.57. The first-order chi connectivity index (χ1) is 11.7. The molecule has 0 fully saturated rings. The van der Waals surface area contributed by atoms with Crippen molar-refractivity contribution in [3.8, 4) is 11.8 Å². The second-order valence-corrected chi connectivity index (χ2v) is 7.50. The highest BCUT2D eigenvalue weighted by molar-refractivity contribution is 7.87. The van der Waals surface area contributed by atoms with Crippen LogP contribution >= 0.6 is 0 Å². The summed E-state index contributed by atoms with van der Waals surface area (Å²) in [4.78, 5) is 3.89. The molecule has 0 bridgehead atoms. The van der Waals surface area contributed by atoms with Gasteiger partial charge in [0.1, 0.15) is 4.75 Å². The number of rotatable bonds is 4. The molecule has 1 aromatic rings. The van der Waals surface area contributed by atoms with E-state index in [1.165, 1.54) is 13.0 Å². The Morgan fingerprint density at radius 1 is 1.40 bits per heavy atom. The van der Waals surface area contributed by atoms with Crippen LogP contribution in [0.2, 0.25) is 0 Å². The van der Waals surface area contributed by atoms with Gasteiger partial charge in [-0.25, -0.2) is 0 Å². The van der Waals surface area contributed by atoms with E-state index in [1.807, 2.05) is 12.1 Å². The molecule has 0 aromatic carbocycles. The Hall–Kier alpha value is -1.98. The van der Waals surface area contributed by atoms with E-state index in [2.05, 4.69) is 16.8 Å². The zero-order valence-electron chi connectivity index (χ0n) is 14.6. The van der Waals surface area contributed by atoms with E-state index >= 15 is 0 Å². The largest absolute Gasteiger partial charge is 0.347 e. The van der Waals surface area contributed by atoms with Crippen molar-refractivity contribution in [1.29, 1.82) is 0 Å². The summed E-state index contributed by atoms with van der Waals surface area (Å²) in [5.74, 6) is 5.20. The summed E-state index contributed by atoms with van der Waals surface area (Å²) in [5, 5.41) is 0. The van der Waals surface area contributed by atoms with Gasteiger partial charge in [-0.1, -0.05) is 37.1 Å². The van der Waals surface area contributed by atoms with E-state index < -0.39 is 21.1 Å². The van der Waals surface area contributed by atoms with E-state index in [0.29, 0.717) is 6.61 Å². The fourth-order valence-corrected chi connectivity index (χ4v) is 2.79. The van der Waals surface area contributed by atoms with Crippen LogP contribution in [0.5, 0.6) is 0 Å². The minimum atomic E-state index is -4.01. The first-order valence-corrected chi connectivity index (χ1v) is 9.16. The number of nitrogens with zero attached hydrogens (tertiary/aromatic N) is 1. The molecule has 1 aliphatic rings. The summed E-state index contributed by atoms with van der Waals surface area (Å²) in [7, 11) is -4.01. The summed E-state index contributed by atoms with van der Waals surface area (Å²) in [6.45, 7) is 5.47. The Kier molecular flexibility index (Phi) is 8.00. The van der Waals surface area contributed by atoms with Gasteiger partial charge in [0.15, 0.2) is 6.23 Å². The maximum atomic E-state index is 11.0. The zero-order valence-corrected chi connectivity index (χ0v) is 15.4. The van der Waals surface area contributed by atoms with Crippen molar-refractivity contribution < 1.29 is 17.7 Å². The number of aromatic nitrogens is 1. The van der Waals surface area contributed by atoms with Crippen molar-refractivity contribution in [2.75, 3.05) is 0 Å². The molecule has 0 radical (unpaired) electrons. The number of ether oxygens (including phenoxy) is 1. The summed E-state index contributed by atoms with van der Waals surface area (Å²) in [6.07, 6.45) is 9.61. The van der Waals surface area contributed by atoms with Gasteiger partial charge < -0.3 is 4.74 Å². The van der Waals surface area contributed by atoms with E-state index in [-0.39, 0.29) is 5.92 Å². The Morgan fingerprint density at radius 3 is 2.52 bits per heavy atom. The molecule has 0 spiro atoms. The van der Waals surface area contributed by atoms with Gasteiger partial charge in [-0.3, -0.25) is 15.3 Å². The molecule has 136 valence electrons. The summed E-state index contributed by atoms with van der Waals surface area (Å²) in [6, 6.07) is 3.76. The van der Waals surface area contributed by atoms with Crippen LogP contribution < -0.4 is 5.73 Å². The van der Waals surface area contributed by atoms with Crippen LogP contribution in [0, 0.1) is 17.8 Å². The lowest BCUT2D eigenvalue weighted by atomic mass is 9.91. The Balaban J connectivity index is 0.000000251. The molecule has 1 aromatic heterocycles. The van der Waals surface area contributed by atoms with Crippen LogP contribution in [0.1, 0.15) is 26.3 Å². The first-order valence-electron chi connectivity index (χ1n) is 7.72. The van der Waals surface area contributed by atoms with Crippen molar-refractivity contribution in [3.05, 3.63) is 54.4 Å². The highest BCUT2D eigenvalue weighted by atomic mass is 32.2. The van der Waals surface area contributed by atoms with E-state index in [1.54, 1.807) is 44.5 Å². The Bertz CT molecular complexity index is 763.